The second-order valence-corrected chi connectivity index (χ2v) is 6.18. The summed E-state index contributed by atoms with van der Waals surface area (Å²) < 4.78 is 0. The van der Waals surface area contributed by atoms with Crippen molar-refractivity contribution >= 4 is 23.1 Å². The highest BCUT2D eigenvalue weighted by atomic mass is 32.1. The van der Waals surface area contributed by atoms with E-state index in [2.05, 4.69) is 28.7 Å². The van der Waals surface area contributed by atoms with Gasteiger partial charge < -0.3 is 10.2 Å². The van der Waals surface area contributed by atoms with Crippen LogP contribution in [0.25, 0.3) is 0 Å². The highest BCUT2D eigenvalue weighted by Crippen LogP contribution is 2.24. The molecule has 2 aromatic heterocycles. The van der Waals surface area contributed by atoms with Crippen molar-refractivity contribution < 1.29 is 4.79 Å². The molecule has 0 saturated heterocycles. The van der Waals surface area contributed by atoms with Crippen LogP contribution in [0.3, 0.4) is 0 Å². The van der Waals surface area contributed by atoms with E-state index in [9.17, 15) is 4.79 Å². The quantitative estimate of drug-likeness (QED) is 0.943. The van der Waals surface area contributed by atoms with Crippen molar-refractivity contribution in [3.8, 4) is 0 Å². The van der Waals surface area contributed by atoms with Crippen LogP contribution < -0.4 is 5.32 Å². The van der Waals surface area contributed by atoms with Crippen LogP contribution in [-0.2, 0) is 13.0 Å². The Bertz CT molecular complexity index is 638. The zero-order valence-corrected chi connectivity index (χ0v) is 12.9. The minimum atomic E-state index is 0.0204. The predicted octanol–water partition coefficient (Wildman–Crippen LogP) is 3.16. The van der Waals surface area contributed by atoms with Crippen LogP contribution in [0.2, 0.25) is 0 Å². The summed E-state index contributed by atoms with van der Waals surface area (Å²) in [4.78, 5) is 20.3. The minimum absolute atomic E-state index is 0.0204. The average Bonchev–Trinajstić information content (AvgIpc) is 3.00. The van der Waals surface area contributed by atoms with Gasteiger partial charge in [0.1, 0.15) is 11.5 Å². The van der Waals surface area contributed by atoms with Crippen molar-refractivity contribution in [1.29, 1.82) is 0 Å². The van der Waals surface area contributed by atoms with Gasteiger partial charge in [-0.25, -0.2) is 4.98 Å². The number of fused-ring (bicyclic) bond motifs is 1. The fraction of sp³-hybridized carbons (Fsp3) is 0.375. The van der Waals surface area contributed by atoms with Crippen LogP contribution in [-0.4, -0.2) is 28.9 Å². The first kappa shape index (κ1) is 14.1. The lowest BCUT2D eigenvalue weighted by atomic mass is 10.1. The van der Waals surface area contributed by atoms with Gasteiger partial charge in [0.15, 0.2) is 0 Å². The Kier molecular flexibility index (Phi) is 4.20. The Morgan fingerprint density at radius 1 is 1.43 bits per heavy atom. The van der Waals surface area contributed by atoms with Gasteiger partial charge in [0.2, 0.25) is 0 Å². The van der Waals surface area contributed by atoms with E-state index in [-0.39, 0.29) is 5.91 Å². The molecule has 1 aliphatic heterocycles. The van der Waals surface area contributed by atoms with Gasteiger partial charge >= 0.3 is 0 Å². The standard InChI is InChI=1S/C16H19N3OS/c1-2-8-17-15-5-3-4-13(18-15)16(20)19-9-6-14-12(11-19)7-10-21-14/h3-5,7,10H,2,6,8-9,11H2,1H3,(H,17,18). The molecule has 1 aliphatic rings. The lowest BCUT2D eigenvalue weighted by Crippen LogP contribution is -2.35. The molecule has 0 radical (unpaired) electrons. The zero-order chi connectivity index (χ0) is 14.7. The van der Waals surface area contributed by atoms with Gasteiger partial charge in [0.25, 0.3) is 5.91 Å². The van der Waals surface area contributed by atoms with Crippen LogP contribution in [0, 0.1) is 0 Å². The molecule has 1 N–H and O–H groups in total. The first-order chi connectivity index (χ1) is 10.3. The summed E-state index contributed by atoms with van der Waals surface area (Å²) >= 11 is 1.78. The molecule has 4 nitrogen and oxygen atoms in total. The lowest BCUT2D eigenvalue weighted by molar-refractivity contribution is 0.0730. The number of nitrogens with zero attached hydrogens (tertiary/aromatic N) is 2. The van der Waals surface area contributed by atoms with E-state index in [4.69, 9.17) is 0 Å². The number of carbonyl (C=O) groups is 1. The first-order valence-corrected chi connectivity index (χ1v) is 8.21. The molecule has 3 heterocycles. The van der Waals surface area contributed by atoms with Crippen LogP contribution in [0.1, 0.15) is 34.3 Å². The van der Waals surface area contributed by atoms with Crippen LogP contribution in [0.4, 0.5) is 5.82 Å². The molecule has 0 unspecified atom stereocenters. The maximum absolute atomic E-state index is 12.6. The molecule has 0 aliphatic carbocycles. The van der Waals surface area contributed by atoms with Crippen molar-refractivity contribution in [3.63, 3.8) is 0 Å². The number of amides is 1. The van der Waals surface area contributed by atoms with Crippen LogP contribution in [0.15, 0.2) is 29.6 Å². The number of carbonyl (C=O) groups excluding carboxylic acids is 1. The summed E-state index contributed by atoms with van der Waals surface area (Å²) in [7, 11) is 0. The molecule has 2 aromatic rings. The van der Waals surface area contributed by atoms with Gasteiger partial charge in [-0.05, 0) is 42.0 Å². The number of rotatable bonds is 4. The number of aromatic nitrogens is 1. The molecular formula is C16H19N3OS. The highest BCUT2D eigenvalue weighted by Gasteiger charge is 2.23. The number of pyridine rings is 1. The number of anilines is 1. The number of nitrogens with one attached hydrogen (secondary N) is 1. The van der Waals surface area contributed by atoms with Crippen molar-refractivity contribution in [1.82, 2.24) is 9.88 Å². The van der Waals surface area contributed by atoms with Gasteiger partial charge in [-0.2, -0.15) is 0 Å². The maximum Gasteiger partial charge on any atom is 0.272 e. The molecule has 0 bridgehead atoms. The fourth-order valence-corrected chi connectivity index (χ4v) is 3.38. The third-order valence-corrected chi connectivity index (χ3v) is 4.64. The van der Waals surface area contributed by atoms with Gasteiger partial charge in [-0.1, -0.05) is 13.0 Å². The molecule has 0 saturated carbocycles. The largest absolute Gasteiger partial charge is 0.370 e. The van der Waals surface area contributed by atoms with Crippen LogP contribution in [0.5, 0.6) is 0 Å². The number of hydrogen-bond donors (Lipinski definition) is 1. The Morgan fingerprint density at radius 3 is 3.19 bits per heavy atom. The first-order valence-electron chi connectivity index (χ1n) is 7.33. The third kappa shape index (κ3) is 3.08. The zero-order valence-electron chi connectivity index (χ0n) is 12.1. The number of thiophene rings is 1. The summed E-state index contributed by atoms with van der Waals surface area (Å²) in [6.45, 7) is 4.45. The van der Waals surface area contributed by atoms with E-state index in [0.717, 1.165) is 31.7 Å². The molecule has 5 heteroatoms. The second kappa shape index (κ2) is 6.26. The smallest absolute Gasteiger partial charge is 0.272 e. The molecule has 3 rings (SSSR count). The summed E-state index contributed by atoms with van der Waals surface area (Å²) in [6, 6.07) is 7.70. The second-order valence-electron chi connectivity index (χ2n) is 5.18. The Balaban J connectivity index is 1.73. The predicted molar refractivity (Wildman–Crippen MR) is 85.8 cm³/mol. The third-order valence-electron chi connectivity index (χ3n) is 3.62. The van der Waals surface area contributed by atoms with E-state index >= 15 is 0 Å². The van der Waals surface area contributed by atoms with E-state index in [1.807, 2.05) is 17.0 Å². The minimum Gasteiger partial charge on any atom is -0.370 e. The molecule has 21 heavy (non-hydrogen) atoms. The molecule has 0 aromatic carbocycles. The van der Waals surface area contributed by atoms with E-state index < -0.39 is 0 Å². The van der Waals surface area contributed by atoms with E-state index in [1.54, 1.807) is 17.4 Å². The van der Waals surface area contributed by atoms with E-state index in [0.29, 0.717) is 12.2 Å². The summed E-state index contributed by atoms with van der Waals surface area (Å²) in [5.41, 5.74) is 1.80. The highest BCUT2D eigenvalue weighted by molar-refractivity contribution is 7.10. The molecular weight excluding hydrogens is 282 g/mol. The lowest BCUT2D eigenvalue weighted by Gasteiger charge is -2.26. The summed E-state index contributed by atoms with van der Waals surface area (Å²) in [5, 5.41) is 5.33. The van der Waals surface area contributed by atoms with E-state index in [1.165, 1.54) is 10.4 Å². The molecule has 0 spiro atoms. The SMILES string of the molecule is CCCNc1cccc(C(=O)N2CCc3sccc3C2)n1. The Morgan fingerprint density at radius 2 is 2.33 bits per heavy atom. The summed E-state index contributed by atoms with van der Waals surface area (Å²) in [6.07, 6.45) is 1.99. The van der Waals surface area contributed by atoms with Crippen molar-refractivity contribution in [3.05, 3.63) is 45.8 Å². The Hall–Kier alpha value is -1.88. The monoisotopic (exact) mass is 301 g/mol. The molecule has 110 valence electrons. The molecule has 0 fully saturated rings. The fourth-order valence-electron chi connectivity index (χ4n) is 2.49. The normalized spacial score (nSPS) is 13.9. The molecule has 1 amide bonds. The molecule has 0 atom stereocenters. The topological polar surface area (TPSA) is 45.2 Å². The van der Waals surface area contributed by atoms with Crippen molar-refractivity contribution in [2.75, 3.05) is 18.4 Å². The van der Waals surface area contributed by atoms with Crippen LogP contribution >= 0.6 is 11.3 Å². The van der Waals surface area contributed by atoms with Crippen molar-refractivity contribution in [2.24, 2.45) is 0 Å². The van der Waals surface area contributed by atoms with Crippen molar-refractivity contribution in [2.45, 2.75) is 26.3 Å². The van der Waals surface area contributed by atoms with Gasteiger partial charge in [0.05, 0.1) is 0 Å². The Labute approximate surface area is 128 Å². The maximum atomic E-state index is 12.6. The van der Waals surface area contributed by atoms with Gasteiger partial charge in [-0.15, -0.1) is 11.3 Å². The van der Waals surface area contributed by atoms with Gasteiger partial charge in [-0.3, -0.25) is 4.79 Å². The number of hydrogen-bond acceptors (Lipinski definition) is 4. The average molecular weight is 301 g/mol. The summed E-state index contributed by atoms with van der Waals surface area (Å²) in [5.74, 6) is 0.794. The van der Waals surface area contributed by atoms with Gasteiger partial charge in [0, 0.05) is 24.5 Å².